The molecule has 0 spiro atoms. The SMILES string of the molecule is CCC(N)CS(=O)(=O)CCSC. The third kappa shape index (κ3) is 5.85. The predicted molar refractivity (Wildman–Crippen MR) is 55.3 cm³/mol. The molecule has 0 aliphatic rings. The highest BCUT2D eigenvalue weighted by molar-refractivity contribution is 8.00. The lowest BCUT2D eigenvalue weighted by Gasteiger charge is -2.08. The summed E-state index contributed by atoms with van der Waals surface area (Å²) in [4.78, 5) is 0. The number of sulfone groups is 1. The molecule has 0 saturated carbocycles. The molecule has 2 N–H and O–H groups in total. The second-order valence-electron chi connectivity index (χ2n) is 2.78. The Labute approximate surface area is 79.0 Å². The molecule has 0 aromatic rings. The van der Waals surface area contributed by atoms with Crippen molar-refractivity contribution in [3.8, 4) is 0 Å². The van der Waals surface area contributed by atoms with Crippen molar-refractivity contribution in [2.45, 2.75) is 19.4 Å². The standard InChI is InChI=1S/C7H17NO2S2/c1-3-7(8)6-12(9,10)5-4-11-2/h7H,3-6,8H2,1-2H3. The van der Waals surface area contributed by atoms with Crippen LogP contribution in [0.2, 0.25) is 0 Å². The summed E-state index contributed by atoms with van der Waals surface area (Å²) >= 11 is 1.54. The lowest BCUT2D eigenvalue weighted by Crippen LogP contribution is -2.30. The zero-order valence-corrected chi connectivity index (χ0v) is 9.25. The van der Waals surface area contributed by atoms with Crippen molar-refractivity contribution in [3.05, 3.63) is 0 Å². The van der Waals surface area contributed by atoms with E-state index in [0.29, 0.717) is 5.75 Å². The first-order valence-electron chi connectivity index (χ1n) is 3.96. The number of nitrogens with two attached hydrogens (primary N) is 1. The van der Waals surface area contributed by atoms with Gasteiger partial charge in [0.05, 0.1) is 11.5 Å². The van der Waals surface area contributed by atoms with E-state index in [-0.39, 0.29) is 17.5 Å². The van der Waals surface area contributed by atoms with Crippen molar-refractivity contribution in [2.75, 3.05) is 23.5 Å². The Morgan fingerprint density at radius 2 is 2.08 bits per heavy atom. The molecule has 0 heterocycles. The van der Waals surface area contributed by atoms with Crippen molar-refractivity contribution in [2.24, 2.45) is 5.73 Å². The number of hydrogen-bond donors (Lipinski definition) is 1. The Morgan fingerprint density at radius 3 is 2.50 bits per heavy atom. The maximum Gasteiger partial charge on any atom is 0.152 e. The molecule has 5 heteroatoms. The zero-order chi connectivity index (χ0) is 9.61. The molecule has 12 heavy (non-hydrogen) atoms. The summed E-state index contributed by atoms with van der Waals surface area (Å²) in [5, 5.41) is 0. The van der Waals surface area contributed by atoms with Crippen LogP contribution in [0.1, 0.15) is 13.3 Å². The molecule has 74 valence electrons. The quantitative estimate of drug-likeness (QED) is 0.695. The Bertz CT molecular complexity index is 201. The predicted octanol–water partition coefficient (Wildman–Crippen LogP) is 0.502. The van der Waals surface area contributed by atoms with Gasteiger partial charge in [-0.3, -0.25) is 0 Å². The van der Waals surface area contributed by atoms with Gasteiger partial charge < -0.3 is 5.73 Å². The van der Waals surface area contributed by atoms with Crippen molar-refractivity contribution in [1.82, 2.24) is 0 Å². The van der Waals surface area contributed by atoms with E-state index >= 15 is 0 Å². The van der Waals surface area contributed by atoms with Gasteiger partial charge in [-0.2, -0.15) is 11.8 Å². The molecule has 0 saturated heterocycles. The molecular weight excluding hydrogens is 194 g/mol. The average molecular weight is 211 g/mol. The summed E-state index contributed by atoms with van der Waals surface area (Å²) in [5.74, 6) is 1.05. The molecule has 0 rings (SSSR count). The van der Waals surface area contributed by atoms with Gasteiger partial charge in [-0.1, -0.05) is 6.92 Å². The van der Waals surface area contributed by atoms with Crippen LogP contribution in [0.25, 0.3) is 0 Å². The van der Waals surface area contributed by atoms with Gasteiger partial charge in [0.1, 0.15) is 0 Å². The van der Waals surface area contributed by atoms with E-state index in [2.05, 4.69) is 0 Å². The normalized spacial score (nSPS) is 14.6. The van der Waals surface area contributed by atoms with Crippen molar-refractivity contribution in [3.63, 3.8) is 0 Å². The number of thioether (sulfide) groups is 1. The smallest absolute Gasteiger partial charge is 0.152 e. The summed E-state index contributed by atoms with van der Waals surface area (Å²) in [6.45, 7) is 1.90. The van der Waals surface area contributed by atoms with Gasteiger partial charge in [-0.15, -0.1) is 0 Å². The molecule has 0 aromatic heterocycles. The minimum atomic E-state index is -2.90. The first-order valence-corrected chi connectivity index (χ1v) is 7.18. The van der Waals surface area contributed by atoms with Gasteiger partial charge in [-0.25, -0.2) is 8.42 Å². The van der Waals surface area contributed by atoms with Crippen molar-refractivity contribution >= 4 is 21.6 Å². The highest BCUT2D eigenvalue weighted by Crippen LogP contribution is 2.00. The van der Waals surface area contributed by atoms with E-state index in [1.165, 1.54) is 0 Å². The second kappa shape index (κ2) is 5.83. The fraction of sp³-hybridized carbons (Fsp3) is 1.00. The maximum absolute atomic E-state index is 11.3. The largest absolute Gasteiger partial charge is 0.327 e. The van der Waals surface area contributed by atoms with Crippen LogP contribution in [0.15, 0.2) is 0 Å². The molecule has 0 aliphatic heterocycles. The molecule has 0 radical (unpaired) electrons. The third-order valence-electron chi connectivity index (χ3n) is 1.59. The van der Waals surface area contributed by atoms with Gasteiger partial charge in [0.2, 0.25) is 0 Å². The highest BCUT2D eigenvalue weighted by atomic mass is 32.2. The van der Waals surface area contributed by atoms with Crippen molar-refractivity contribution < 1.29 is 8.42 Å². The van der Waals surface area contributed by atoms with Crippen LogP contribution in [-0.2, 0) is 9.84 Å². The molecule has 1 atom stereocenters. The van der Waals surface area contributed by atoms with Crippen LogP contribution in [0, 0.1) is 0 Å². The summed E-state index contributed by atoms with van der Waals surface area (Å²) in [5.41, 5.74) is 5.54. The van der Waals surface area contributed by atoms with Crippen LogP contribution in [0.4, 0.5) is 0 Å². The van der Waals surface area contributed by atoms with Gasteiger partial charge in [0, 0.05) is 11.8 Å². The molecule has 0 amide bonds. The van der Waals surface area contributed by atoms with Crippen LogP contribution in [0.3, 0.4) is 0 Å². The molecule has 3 nitrogen and oxygen atoms in total. The Hall–Kier alpha value is 0.260. The van der Waals surface area contributed by atoms with Gasteiger partial charge in [0.15, 0.2) is 9.84 Å². The molecule has 0 aromatic carbocycles. The second-order valence-corrected chi connectivity index (χ2v) is 5.99. The van der Waals surface area contributed by atoms with E-state index in [1.54, 1.807) is 11.8 Å². The van der Waals surface area contributed by atoms with E-state index in [9.17, 15) is 8.42 Å². The highest BCUT2D eigenvalue weighted by Gasteiger charge is 2.13. The molecule has 0 aliphatic carbocycles. The lowest BCUT2D eigenvalue weighted by molar-refractivity contribution is 0.585. The molecule has 0 fully saturated rings. The van der Waals surface area contributed by atoms with Gasteiger partial charge in [-0.05, 0) is 12.7 Å². The molecule has 0 bridgehead atoms. The first-order chi connectivity index (χ1) is 5.52. The third-order valence-corrected chi connectivity index (χ3v) is 4.22. The minimum Gasteiger partial charge on any atom is -0.327 e. The van der Waals surface area contributed by atoms with Crippen LogP contribution in [-0.4, -0.2) is 38.0 Å². The summed E-state index contributed by atoms with van der Waals surface area (Å²) in [6, 6.07) is -0.197. The zero-order valence-electron chi connectivity index (χ0n) is 7.62. The van der Waals surface area contributed by atoms with E-state index in [0.717, 1.165) is 6.42 Å². The maximum atomic E-state index is 11.3. The van der Waals surface area contributed by atoms with E-state index < -0.39 is 9.84 Å². The first kappa shape index (κ1) is 12.3. The summed E-state index contributed by atoms with van der Waals surface area (Å²) < 4.78 is 22.5. The number of rotatable bonds is 6. The van der Waals surface area contributed by atoms with Gasteiger partial charge in [0.25, 0.3) is 0 Å². The van der Waals surface area contributed by atoms with Gasteiger partial charge >= 0.3 is 0 Å². The topological polar surface area (TPSA) is 60.2 Å². The molecular formula is C7H17NO2S2. The Kier molecular flexibility index (Phi) is 5.96. The van der Waals surface area contributed by atoms with Crippen LogP contribution >= 0.6 is 11.8 Å². The summed E-state index contributed by atoms with van der Waals surface area (Å²) in [7, 11) is -2.90. The van der Waals surface area contributed by atoms with Crippen molar-refractivity contribution in [1.29, 1.82) is 0 Å². The summed E-state index contributed by atoms with van der Waals surface area (Å²) in [6.07, 6.45) is 2.62. The lowest BCUT2D eigenvalue weighted by atomic mass is 10.3. The average Bonchev–Trinajstić information content (AvgIpc) is 2.00. The van der Waals surface area contributed by atoms with E-state index in [1.807, 2.05) is 13.2 Å². The van der Waals surface area contributed by atoms with Crippen LogP contribution < -0.4 is 5.73 Å². The monoisotopic (exact) mass is 211 g/mol. The number of hydrogen-bond acceptors (Lipinski definition) is 4. The fourth-order valence-electron chi connectivity index (χ4n) is 0.738. The van der Waals surface area contributed by atoms with Crippen LogP contribution in [0.5, 0.6) is 0 Å². The minimum absolute atomic E-state index is 0.129. The van der Waals surface area contributed by atoms with E-state index in [4.69, 9.17) is 5.73 Å². The molecule has 1 unspecified atom stereocenters. The Balaban J connectivity index is 3.88. The fourth-order valence-corrected chi connectivity index (χ4v) is 3.47. The Morgan fingerprint density at radius 1 is 1.50 bits per heavy atom.